The van der Waals surface area contributed by atoms with Crippen molar-refractivity contribution in [1.82, 2.24) is 15.5 Å². The molecule has 0 bridgehead atoms. The zero-order valence-electron chi connectivity index (χ0n) is 15.9. The van der Waals surface area contributed by atoms with Crippen LogP contribution in [0.2, 0.25) is 10.0 Å². The van der Waals surface area contributed by atoms with E-state index in [0.717, 1.165) is 10.5 Å². The molecular formula is C21H21Cl2N3O3. The number of rotatable bonds is 7. The molecule has 0 spiro atoms. The quantitative estimate of drug-likeness (QED) is 0.655. The van der Waals surface area contributed by atoms with E-state index in [1.54, 1.807) is 25.1 Å². The van der Waals surface area contributed by atoms with Crippen molar-refractivity contribution in [2.45, 2.75) is 31.8 Å². The van der Waals surface area contributed by atoms with Crippen LogP contribution < -0.4 is 10.6 Å². The minimum Gasteiger partial charge on any atom is -0.350 e. The van der Waals surface area contributed by atoms with Crippen LogP contribution in [0, 0.1) is 0 Å². The minimum absolute atomic E-state index is 0.170. The Hall–Kier alpha value is -2.57. The summed E-state index contributed by atoms with van der Waals surface area (Å²) in [5.41, 5.74) is 0.730. The van der Waals surface area contributed by atoms with Gasteiger partial charge in [-0.05, 0) is 43.0 Å². The predicted molar refractivity (Wildman–Crippen MR) is 112 cm³/mol. The number of hydrogen-bond donors (Lipinski definition) is 2. The second kappa shape index (κ2) is 8.84. The van der Waals surface area contributed by atoms with E-state index in [1.807, 2.05) is 30.3 Å². The van der Waals surface area contributed by atoms with Gasteiger partial charge in [0, 0.05) is 16.6 Å². The third-order valence-corrected chi connectivity index (χ3v) is 5.48. The number of halogens is 2. The van der Waals surface area contributed by atoms with Crippen LogP contribution >= 0.6 is 23.2 Å². The lowest BCUT2D eigenvalue weighted by molar-refractivity contribution is -0.134. The average molecular weight is 434 g/mol. The van der Waals surface area contributed by atoms with E-state index >= 15 is 0 Å². The molecule has 1 aliphatic heterocycles. The molecule has 2 aromatic carbocycles. The molecule has 152 valence electrons. The summed E-state index contributed by atoms with van der Waals surface area (Å²) in [6, 6.07) is 14.1. The molecule has 0 aromatic heterocycles. The molecule has 2 aromatic rings. The van der Waals surface area contributed by atoms with Crippen molar-refractivity contribution in [3.05, 3.63) is 69.7 Å². The first kappa shape index (κ1) is 21.1. The van der Waals surface area contributed by atoms with E-state index in [0.29, 0.717) is 28.5 Å². The summed E-state index contributed by atoms with van der Waals surface area (Å²) in [7, 11) is 0. The van der Waals surface area contributed by atoms with Crippen LogP contribution in [0.15, 0.2) is 48.5 Å². The van der Waals surface area contributed by atoms with E-state index in [2.05, 4.69) is 10.6 Å². The summed E-state index contributed by atoms with van der Waals surface area (Å²) in [5.74, 6) is -0.857. The maximum atomic E-state index is 12.8. The van der Waals surface area contributed by atoms with Gasteiger partial charge < -0.3 is 10.6 Å². The number of carbonyl (C=O) groups excluding carboxylic acids is 3. The van der Waals surface area contributed by atoms with E-state index in [9.17, 15) is 14.4 Å². The average Bonchev–Trinajstić information content (AvgIpc) is 2.90. The van der Waals surface area contributed by atoms with Gasteiger partial charge in [-0.15, -0.1) is 0 Å². The van der Waals surface area contributed by atoms with Crippen molar-refractivity contribution in [2.75, 3.05) is 6.54 Å². The summed E-state index contributed by atoms with van der Waals surface area (Å²) >= 11 is 11.9. The number of nitrogens with one attached hydrogen (secondary N) is 2. The fourth-order valence-electron chi connectivity index (χ4n) is 3.16. The summed E-state index contributed by atoms with van der Waals surface area (Å²) in [6.45, 7) is 1.50. The first-order chi connectivity index (χ1) is 13.8. The Labute approximate surface area is 179 Å². The van der Waals surface area contributed by atoms with Crippen molar-refractivity contribution < 1.29 is 14.4 Å². The van der Waals surface area contributed by atoms with Crippen LogP contribution in [0.3, 0.4) is 0 Å². The van der Waals surface area contributed by atoms with Crippen LogP contribution in [0.5, 0.6) is 0 Å². The lowest BCUT2D eigenvalue weighted by atomic mass is 9.93. The zero-order chi connectivity index (χ0) is 21.0. The Kier molecular flexibility index (Phi) is 6.45. The van der Waals surface area contributed by atoms with Crippen molar-refractivity contribution >= 4 is 41.0 Å². The molecule has 2 N–H and O–H groups in total. The fourth-order valence-corrected chi connectivity index (χ4v) is 3.63. The number of hydrogen-bond acceptors (Lipinski definition) is 3. The van der Waals surface area contributed by atoms with Crippen LogP contribution in [-0.2, 0) is 22.6 Å². The van der Waals surface area contributed by atoms with E-state index in [4.69, 9.17) is 23.2 Å². The third-order valence-electron chi connectivity index (χ3n) is 4.89. The molecule has 0 radical (unpaired) electrons. The van der Waals surface area contributed by atoms with Crippen LogP contribution in [0.1, 0.15) is 24.5 Å². The second-order valence-electron chi connectivity index (χ2n) is 7.15. The van der Waals surface area contributed by atoms with Gasteiger partial charge in [0.1, 0.15) is 12.1 Å². The molecule has 1 aliphatic rings. The van der Waals surface area contributed by atoms with Gasteiger partial charge in [0.2, 0.25) is 5.91 Å². The van der Waals surface area contributed by atoms with Gasteiger partial charge in [0.15, 0.2) is 0 Å². The van der Waals surface area contributed by atoms with Gasteiger partial charge in [0.25, 0.3) is 5.91 Å². The smallest absolute Gasteiger partial charge is 0.325 e. The highest BCUT2D eigenvalue weighted by Gasteiger charge is 2.47. The van der Waals surface area contributed by atoms with Crippen molar-refractivity contribution in [3.8, 4) is 0 Å². The summed E-state index contributed by atoms with van der Waals surface area (Å²) < 4.78 is 0. The molecule has 1 heterocycles. The van der Waals surface area contributed by atoms with Gasteiger partial charge >= 0.3 is 6.03 Å². The first-order valence-electron chi connectivity index (χ1n) is 9.17. The topological polar surface area (TPSA) is 78.5 Å². The minimum atomic E-state index is -1.04. The summed E-state index contributed by atoms with van der Waals surface area (Å²) in [4.78, 5) is 38.3. The molecule has 0 aliphatic carbocycles. The number of aryl methyl sites for hydroxylation is 1. The van der Waals surface area contributed by atoms with Gasteiger partial charge in [-0.3, -0.25) is 14.5 Å². The van der Waals surface area contributed by atoms with Gasteiger partial charge in [-0.25, -0.2) is 4.79 Å². The van der Waals surface area contributed by atoms with Crippen molar-refractivity contribution in [2.24, 2.45) is 0 Å². The van der Waals surface area contributed by atoms with Crippen LogP contribution in [0.25, 0.3) is 0 Å². The fraction of sp³-hybridized carbons (Fsp3) is 0.286. The van der Waals surface area contributed by atoms with E-state index in [-0.39, 0.29) is 13.1 Å². The molecule has 29 heavy (non-hydrogen) atoms. The van der Waals surface area contributed by atoms with Crippen LogP contribution in [0.4, 0.5) is 4.79 Å². The van der Waals surface area contributed by atoms with E-state index < -0.39 is 23.4 Å². The zero-order valence-corrected chi connectivity index (χ0v) is 17.4. The molecule has 3 rings (SSSR count). The Morgan fingerprint density at radius 1 is 1.14 bits per heavy atom. The van der Waals surface area contributed by atoms with Crippen molar-refractivity contribution in [1.29, 1.82) is 0 Å². The molecule has 8 heteroatoms. The number of amides is 4. The van der Waals surface area contributed by atoms with Gasteiger partial charge in [-0.2, -0.15) is 0 Å². The molecule has 6 nitrogen and oxygen atoms in total. The highest BCUT2D eigenvalue weighted by molar-refractivity contribution is 6.35. The lowest BCUT2D eigenvalue weighted by Crippen LogP contribution is -2.45. The first-order valence-corrected chi connectivity index (χ1v) is 9.93. The molecule has 1 atom stereocenters. The highest BCUT2D eigenvalue weighted by atomic mass is 35.5. The van der Waals surface area contributed by atoms with Gasteiger partial charge in [-0.1, -0.05) is 59.6 Å². The SMILES string of the molecule is C[C@@]1(CCc2ccccc2)NC(=O)N(CC(=O)NCc2ccc(Cl)cc2Cl)C1=O. The number of benzene rings is 2. The normalized spacial score (nSPS) is 18.7. The van der Waals surface area contributed by atoms with Crippen LogP contribution in [-0.4, -0.2) is 34.8 Å². The number of imide groups is 1. The predicted octanol–water partition coefficient (Wildman–Crippen LogP) is 3.55. The molecule has 0 unspecified atom stereocenters. The second-order valence-corrected chi connectivity index (χ2v) is 8.00. The Morgan fingerprint density at radius 2 is 1.86 bits per heavy atom. The van der Waals surface area contributed by atoms with Crippen molar-refractivity contribution in [3.63, 3.8) is 0 Å². The highest BCUT2D eigenvalue weighted by Crippen LogP contribution is 2.23. The van der Waals surface area contributed by atoms with Gasteiger partial charge in [0.05, 0.1) is 0 Å². The monoisotopic (exact) mass is 433 g/mol. The number of carbonyl (C=O) groups is 3. The molecular weight excluding hydrogens is 413 g/mol. The largest absolute Gasteiger partial charge is 0.350 e. The third kappa shape index (κ3) is 5.08. The maximum Gasteiger partial charge on any atom is 0.325 e. The Balaban J connectivity index is 1.56. The standard InChI is InChI=1S/C21H21Cl2N3O3/c1-21(10-9-14-5-3-2-4-6-14)19(28)26(20(29)25-21)13-18(27)24-12-15-7-8-16(22)11-17(15)23/h2-8,11H,9-10,12-13H2,1H3,(H,24,27)(H,25,29)/t21-/m0/s1. The molecule has 0 saturated carbocycles. The number of urea groups is 1. The molecule has 4 amide bonds. The lowest BCUT2D eigenvalue weighted by Gasteiger charge is -2.21. The molecule has 1 fully saturated rings. The summed E-state index contributed by atoms with van der Waals surface area (Å²) in [5, 5.41) is 6.32. The Bertz CT molecular complexity index is 936. The number of nitrogens with zero attached hydrogens (tertiary/aromatic N) is 1. The maximum absolute atomic E-state index is 12.8. The molecule has 1 saturated heterocycles. The Morgan fingerprint density at radius 3 is 2.55 bits per heavy atom. The van der Waals surface area contributed by atoms with E-state index in [1.165, 1.54) is 0 Å². The summed E-state index contributed by atoms with van der Waals surface area (Å²) in [6.07, 6.45) is 1.08.